The summed E-state index contributed by atoms with van der Waals surface area (Å²) in [7, 11) is 1.72. The van der Waals surface area contributed by atoms with Gasteiger partial charge in [0.05, 0.1) is 0 Å². The standard InChI is InChI=1S/C24H33FO/c1-9-18(3)23(25)15-20(5)19(4)10-11-21(6)24(7)16-17(2)14-22(24)12-13-26-8/h10-11,14-15,17H,3-6,9,12-13,16H2,1-2,7-8H3/b11-10-,23-15+/t17?,24-/m0/s1. The fraction of sp³-hybridized carbons (Fsp3) is 0.417. The highest BCUT2D eigenvalue weighted by molar-refractivity contribution is 5.48. The summed E-state index contributed by atoms with van der Waals surface area (Å²) in [6.45, 7) is 22.9. The maximum absolute atomic E-state index is 13.9. The first-order valence-electron chi connectivity index (χ1n) is 9.16. The summed E-state index contributed by atoms with van der Waals surface area (Å²) in [5.41, 5.74) is 4.00. The van der Waals surface area contributed by atoms with E-state index in [4.69, 9.17) is 4.74 Å². The molecule has 0 bridgehead atoms. The van der Waals surface area contributed by atoms with Gasteiger partial charge in [-0.25, -0.2) is 4.39 Å². The van der Waals surface area contributed by atoms with Crippen molar-refractivity contribution in [2.24, 2.45) is 11.3 Å². The molecule has 1 rings (SSSR count). The van der Waals surface area contributed by atoms with Crippen LogP contribution < -0.4 is 0 Å². The van der Waals surface area contributed by atoms with Gasteiger partial charge in [0, 0.05) is 19.1 Å². The number of allylic oxidation sites excluding steroid dienone is 9. The Hall–Kier alpha value is -1.93. The normalized spacial score (nSPS) is 23.2. The van der Waals surface area contributed by atoms with Crippen LogP contribution in [0.3, 0.4) is 0 Å². The second kappa shape index (κ2) is 9.68. The van der Waals surface area contributed by atoms with Gasteiger partial charge < -0.3 is 4.74 Å². The number of hydrogen-bond acceptors (Lipinski definition) is 1. The minimum absolute atomic E-state index is 0.0757. The first kappa shape index (κ1) is 22.1. The fourth-order valence-corrected chi connectivity index (χ4v) is 3.28. The Morgan fingerprint density at radius 2 is 1.92 bits per heavy atom. The van der Waals surface area contributed by atoms with Gasteiger partial charge >= 0.3 is 0 Å². The van der Waals surface area contributed by atoms with E-state index in [1.165, 1.54) is 11.6 Å². The smallest absolute Gasteiger partial charge is 0.126 e. The summed E-state index contributed by atoms with van der Waals surface area (Å²) in [6.07, 6.45) is 10.1. The second-order valence-corrected chi connectivity index (χ2v) is 7.31. The average molecular weight is 357 g/mol. The molecule has 1 aliphatic carbocycles. The third-order valence-corrected chi connectivity index (χ3v) is 5.17. The lowest BCUT2D eigenvalue weighted by Crippen LogP contribution is -2.19. The zero-order valence-electron chi connectivity index (χ0n) is 16.8. The van der Waals surface area contributed by atoms with Crippen LogP contribution in [0.2, 0.25) is 0 Å². The quantitative estimate of drug-likeness (QED) is 0.301. The van der Waals surface area contributed by atoms with Crippen molar-refractivity contribution in [1.29, 1.82) is 0 Å². The minimum Gasteiger partial charge on any atom is -0.384 e. The van der Waals surface area contributed by atoms with E-state index in [1.807, 2.05) is 19.1 Å². The van der Waals surface area contributed by atoms with E-state index >= 15 is 0 Å². The molecule has 0 spiro atoms. The Morgan fingerprint density at radius 1 is 1.27 bits per heavy atom. The highest BCUT2D eigenvalue weighted by Gasteiger charge is 2.36. The van der Waals surface area contributed by atoms with Crippen molar-refractivity contribution < 1.29 is 9.13 Å². The van der Waals surface area contributed by atoms with Crippen LogP contribution in [0.5, 0.6) is 0 Å². The molecule has 2 heteroatoms. The Balaban J connectivity index is 2.85. The number of rotatable bonds is 10. The Kier molecular flexibility index (Phi) is 8.23. The third kappa shape index (κ3) is 5.54. The first-order valence-corrected chi connectivity index (χ1v) is 9.16. The number of ether oxygens (including phenoxy) is 1. The number of halogens is 1. The van der Waals surface area contributed by atoms with Gasteiger partial charge in [0.15, 0.2) is 0 Å². The van der Waals surface area contributed by atoms with Crippen molar-refractivity contribution in [3.63, 3.8) is 0 Å². The molecule has 0 aromatic carbocycles. The number of methoxy groups -OCH3 is 1. The average Bonchev–Trinajstić information content (AvgIpc) is 2.91. The van der Waals surface area contributed by atoms with Gasteiger partial charge in [-0.1, -0.05) is 70.9 Å². The second-order valence-electron chi connectivity index (χ2n) is 7.31. The SMILES string of the molecule is C=C(/C=C\C(=C)[C@]1(C)CC(C)C=C1CCOC)C(=C)/C=C(/F)C(=C)CC. The topological polar surface area (TPSA) is 9.23 Å². The summed E-state index contributed by atoms with van der Waals surface area (Å²) in [5.74, 6) is 0.180. The molecular formula is C24H33FO. The summed E-state index contributed by atoms with van der Waals surface area (Å²) in [4.78, 5) is 0. The molecule has 0 aromatic rings. The Morgan fingerprint density at radius 3 is 2.50 bits per heavy atom. The highest BCUT2D eigenvalue weighted by Crippen LogP contribution is 2.48. The molecule has 26 heavy (non-hydrogen) atoms. The van der Waals surface area contributed by atoms with E-state index in [1.54, 1.807) is 7.11 Å². The molecule has 0 saturated carbocycles. The molecule has 1 aliphatic rings. The van der Waals surface area contributed by atoms with Crippen LogP contribution >= 0.6 is 0 Å². The molecule has 0 fully saturated rings. The van der Waals surface area contributed by atoms with E-state index in [0.29, 0.717) is 35.7 Å². The van der Waals surface area contributed by atoms with Gasteiger partial charge in [0.2, 0.25) is 0 Å². The maximum Gasteiger partial charge on any atom is 0.126 e. The lowest BCUT2D eigenvalue weighted by molar-refractivity contribution is 0.197. The van der Waals surface area contributed by atoms with Gasteiger partial charge in [0.25, 0.3) is 0 Å². The van der Waals surface area contributed by atoms with E-state index < -0.39 is 0 Å². The van der Waals surface area contributed by atoms with Crippen LogP contribution in [0.4, 0.5) is 4.39 Å². The molecule has 0 aliphatic heterocycles. The lowest BCUT2D eigenvalue weighted by Gasteiger charge is -2.30. The van der Waals surface area contributed by atoms with Gasteiger partial charge in [-0.3, -0.25) is 0 Å². The van der Waals surface area contributed by atoms with Crippen molar-refractivity contribution in [2.45, 2.75) is 40.0 Å². The van der Waals surface area contributed by atoms with Gasteiger partial charge in [-0.15, -0.1) is 0 Å². The molecule has 0 heterocycles. The van der Waals surface area contributed by atoms with E-state index in [-0.39, 0.29) is 11.2 Å². The number of hydrogen-bond donors (Lipinski definition) is 0. The van der Waals surface area contributed by atoms with Crippen LogP contribution in [0.1, 0.15) is 40.0 Å². The molecular weight excluding hydrogens is 323 g/mol. The first-order chi connectivity index (χ1) is 12.2. The monoisotopic (exact) mass is 356 g/mol. The molecule has 0 aromatic heterocycles. The van der Waals surface area contributed by atoms with Gasteiger partial charge in [0.1, 0.15) is 5.83 Å². The van der Waals surface area contributed by atoms with Crippen molar-refractivity contribution in [3.05, 3.63) is 84.3 Å². The largest absolute Gasteiger partial charge is 0.384 e. The molecule has 0 radical (unpaired) electrons. The van der Waals surface area contributed by atoms with Crippen molar-refractivity contribution in [1.82, 2.24) is 0 Å². The van der Waals surface area contributed by atoms with Crippen molar-refractivity contribution in [2.75, 3.05) is 13.7 Å². The molecule has 0 saturated heterocycles. The van der Waals surface area contributed by atoms with Gasteiger partial charge in [-0.05, 0) is 53.5 Å². The molecule has 1 nitrogen and oxygen atoms in total. The highest BCUT2D eigenvalue weighted by atomic mass is 19.1. The molecule has 2 atom stereocenters. The van der Waals surface area contributed by atoms with Crippen molar-refractivity contribution in [3.8, 4) is 0 Å². The van der Waals surface area contributed by atoms with Crippen LogP contribution in [-0.2, 0) is 4.74 Å². The Labute approximate surface area is 159 Å². The zero-order chi connectivity index (χ0) is 19.9. The van der Waals surface area contributed by atoms with Crippen LogP contribution in [0, 0.1) is 11.3 Å². The van der Waals surface area contributed by atoms with E-state index in [0.717, 1.165) is 18.4 Å². The minimum atomic E-state index is -0.341. The van der Waals surface area contributed by atoms with Gasteiger partial charge in [-0.2, -0.15) is 0 Å². The van der Waals surface area contributed by atoms with Crippen LogP contribution in [0.15, 0.2) is 84.3 Å². The summed E-state index contributed by atoms with van der Waals surface area (Å²) >= 11 is 0. The predicted molar refractivity (Wildman–Crippen MR) is 112 cm³/mol. The molecule has 0 N–H and O–H groups in total. The van der Waals surface area contributed by atoms with Crippen molar-refractivity contribution >= 4 is 0 Å². The van der Waals surface area contributed by atoms with E-state index in [2.05, 4.69) is 46.2 Å². The summed E-state index contributed by atoms with van der Waals surface area (Å²) in [5, 5.41) is 0. The summed E-state index contributed by atoms with van der Waals surface area (Å²) < 4.78 is 19.2. The zero-order valence-corrected chi connectivity index (χ0v) is 16.8. The Bertz CT molecular complexity index is 674. The van der Waals surface area contributed by atoms with E-state index in [9.17, 15) is 4.39 Å². The molecule has 142 valence electrons. The lowest BCUT2D eigenvalue weighted by atomic mass is 9.74. The van der Waals surface area contributed by atoms with Crippen LogP contribution in [0.25, 0.3) is 0 Å². The predicted octanol–water partition coefficient (Wildman–Crippen LogP) is 7.04. The fourth-order valence-electron chi connectivity index (χ4n) is 3.28. The summed E-state index contributed by atoms with van der Waals surface area (Å²) in [6, 6.07) is 0. The maximum atomic E-state index is 13.9. The molecule has 1 unspecified atom stereocenters. The van der Waals surface area contributed by atoms with Crippen LogP contribution in [-0.4, -0.2) is 13.7 Å². The third-order valence-electron chi connectivity index (χ3n) is 5.17. The molecule has 0 amide bonds.